The lowest BCUT2D eigenvalue weighted by molar-refractivity contribution is -0.122. The average molecular weight is 389 g/mol. The molecule has 0 aromatic heterocycles. The Morgan fingerprint density at radius 3 is 2.46 bits per heavy atom. The van der Waals surface area contributed by atoms with Gasteiger partial charge in [-0.3, -0.25) is 14.5 Å². The zero-order valence-electron chi connectivity index (χ0n) is 15.4. The van der Waals surface area contributed by atoms with Crippen LogP contribution in [-0.2, 0) is 9.59 Å². The summed E-state index contributed by atoms with van der Waals surface area (Å²) in [7, 11) is 1.56. The number of anilines is 2. The molecule has 148 valence electrons. The van der Waals surface area contributed by atoms with Crippen molar-refractivity contribution in [2.24, 2.45) is 0 Å². The van der Waals surface area contributed by atoms with E-state index in [0.29, 0.717) is 24.4 Å². The molecule has 1 heterocycles. The Bertz CT molecular complexity index is 858. The molecule has 2 amide bonds. The number of rotatable bonds is 6. The van der Waals surface area contributed by atoms with Crippen molar-refractivity contribution in [3.8, 4) is 5.75 Å². The molecule has 0 spiro atoms. The van der Waals surface area contributed by atoms with Crippen molar-refractivity contribution in [3.63, 3.8) is 0 Å². The van der Waals surface area contributed by atoms with Crippen molar-refractivity contribution in [2.45, 2.75) is 18.9 Å². The van der Waals surface area contributed by atoms with Gasteiger partial charge >= 0.3 is 0 Å². The number of halogens is 2. The lowest BCUT2D eigenvalue weighted by Crippen LogP contribution is -2.43. The van der Waals surface area contributed by atoms with Crippen molar-refractivity contribution in [3.05, 3.63) is 54.1 Å². The second-order valence-corrected chi connectivity index (χ2v) is 6.52. The van der Waals surface area contributed by atoms with Crippen LogP contribution in [0.4, 0.5) is 20.2 Å². The number of methoxy groups -OCH3 is 1. The molecule has 1 fully saturated rings. The molecule has 28 heavy (non-hydrogen) atoms. The Kier molecular flexibility index (Phi) is 6.20. The number of carbonyl (C=O) groups excluding carboxylic acids is 2. The number of nitrogens with one attached hydrogen (secondary N) is 2. The summed E-state index contributed by atoms with van der Waals surface area (Å²) in [5.74, 6) is -1.91. The molecule has 2 N–H and O–H groups in total. The van der Waals surface area contributed by atoms with Gasteiger partial charge in [0.25, 0.3) is 0 Å². The summed E-state index contributed by atoms with van der Waals surface area (Å²) in [6.07, 6.45) is 1.43. The highest BCUT2D eigenvalue weighted by molar-refractivity contribution is 5.96. The highest BCUT2D eigenvalue weighted by Crippen LogP contribution is 2.21. The van der Waals surface area contributed by atoms with Crippen LogP contribution < -0.4 is 15.4 Å². The summed E-state index contributed by atoms with van der Waals surface area (Å²) in [6, 6.07) is 9.70. The Balaban J connectivity index is 1.57. The molecule has 2 aromatic carbocycles. The fraction of sp³-hybridized carbons (Fsp3) is 0.300. The third-order valence-corrected chi connectivity index (χ3v) is 4.57. The van der Waals surface area contributed by atoms with E-state index in [-0.39, 0.29) is 18.1 Å². The van der Waals surface area contributed by atoms with E-state index in [2.05, 4.69) is 10.6 Å². The van der Waals surface area contributed by atoms with Gasteiger partial charge in [0.1, 0.15) is 5.75 Å². The molecule has 0 radical (unpaired) electrons. The first-order valence-corrected chi connectivity index (χ1v) is 8.90. The number of nitrogens with zero attached hydrogens (tertiary/aromatic N) is 1. The molecule has 0 bridgehead atoms. The second kappa shape index (κ2) is 8.79. The van der Waals surface area contributed by atoms with E-state index in [0.717, 1.165) is 18.6 Å². The molecular formula is C20H21F2N3O3. The Hall–Kier alpha value is -3.00. The van der Waals surface area contributed by atoms with Crippen LogP contribution in [0, 0.1) is 11.6 Å². The summed E-state index contributed by atoms with van der Waals surface area (Å²) >= 11 is 0. The van der Waals surface area contributed by atoms with Gasteiger partial charge < -0.3 is 15.4 Å². The highest BCUT2D eigenvalue weighted by Gasteiger charge is 2.32. The van der Waals surface area contributed by atoms with Crippen molar-refractivity contribution in [1.29, 1.82) is 0 Å². The van der Waals surface area contributed by atoms with E-state index in [1.54, 1.807) is 36.3 Å². The SMILES string of the molecule is COc1ccc(NC(=O)C2CCCN2CC(=O)Nc2ccc(F)c(F)c2)cc1. The predicted octanol–water partition coefficient (Wildman–Crippen LogP) is 3.02. The van der Waals surface area contributed by atoms with Gasteiger partial charge in [-0.25, -0.2) is 8.78 Å². The normalized spacial score (nSPS) is 16.6. The first-order valence-electron chi connectivity index (χ1n) is 8.90. The van der Waals surface area contributed by atoms with E-state index in [1.165, 1.54) is 6.07 Å². The summed E-state index contributed by atoms with van der Waals surface area (Å²) in [6.45, 7) is 0.589. The van der Waals surface area contributed by atoms with Crippen LogP contribution in [0.5, 0.6) is 5.75 Å². The van der Waals surface area contributed by atoms with E-state index in [4.69, 9.17) is 4.74 Å². The fourth-order valence-corrected chi connectivity index (χ4v) is 3.17. The first-order chi connectivity index (χ1) is 13.5. The lowest BCUT2D eigenvalue weighted by atomic mass is 10.2. The number of benzene rings is 2. The molecule has 1 aliphatic rings. The van der Waals surface area contributed by atoms with Gasteiger partial charge in [-0.2, -0.15) is 0 Å². The maximum atomic E-state index is 13.3. The number of carbonyl (C=O) groups is 2. The molecule has 1 saturated heterocycles. The average Bonchev–Trinajstić information content (AvgIpc) is 3.13. The third-order valence-electron chi connectivity index (χ3n) is 4.57. The molecule has 8 heteroatoms. The summed E-state index contributed by atoms with van der Waals surface area (Å²) in [5, 5.41) is 5.37. The van der Waals surface area contributed by atoms with Gasteiger partial charge in [0.15, 0.2) is 11.6 Å². The zero-order chi connectivity index (χ0) is 20.1. The van der Waals surface area contributed by atoms with Crippen molar-refractivity contribution in [2.75, 3.05) is 30.8 Å². The van der Waals surface area contributed by atoms with Crippen molar-refractivity contribution >= 4 is 23.2 Å². The minimum Gasteiger partial charge on any atom is -0.497 e. The lowest BCUT2D eigenvalue weighted by Gasteiger charge is -2.23. The van der Waals surface area contributed by atoms with Crippen LogP contribution in [0.1, 0.15) is 12.8 Å². The molecule has 1 atom stereocenters. The number of hydrogen-bond donors (Lipinski definition) is 2. The molecule has 0 saturated carbocycles. The molecule has 1 unspecified atom stereocenters. The standard InChI is InChI=1S/C20H21F2N3O3/c1-28-15-7-4-13(5-8-15)24-20(27)18-3-2-10-25(18)12-19(26)23-14-6-9-16(21)17(22)11-14/h4-9,11,18H,2-3,10,12H2,1H3,(H,23,26)(H,24,27). The van der Waals surface area contributed by atoms with Crippen molar-refractivity contribution in [1.82, 2.24) is 4.90 Å². The van der Waals surface area contributed by atoms with Crippen LogP contribution in [0.3, 0.4) is 0 Å². The third kappa shape index (κ3) is 4.83. The topological polar surface area (TPSA) is 70.7 Å². The van der Waals surface area contributed by atoms with E-state index < -0.39 is 23.6 Å². The molecule has 6 nitrogen and oxygen atoms in total. The number of amides is 2. The maximum Gasteiger partial charge on any atom is 0.241 e. The summed E-state index contributed by atoms with van der Waals surface area (Å²) < 4.78 is 31.3. The maximum absolute atomic E-state index is 13.3. The summed E-state index contributed by atoms with van der Waals surface area (Å²) in [4.78, 5) is 26.6. The van der Waals surface area contributed by atoms with E-state index in [9.17, 15) is 18.4 Å². The Morgan fingerprint density at radius 1 is 1.07 bits per heavy atom. The molecule has 2 aromatic rings. The Morgan fingerprint density at radius 2 is 1.79 bits per heavy atom. The van der Waals surface area contributed by atoms with Gasteiger partial charge in [0.05, 0.1) is 19.7 Å². The zero-order valence-corrected chi connectivity index (χ0v) is 15.4. The largest absolute Gasteiger partial charge is 0.497 e. The predicted molar refractivity (Wildman–Crippen MR) is 101 cm³/mol. The first kappa shape index (κ1) is 19.8. The molecule has 0 aliphatic carbocycles. The van der Waals surface area contributed by atoms with Gasteiger partial charge in [-0.15, -0.1) is 0 Å². The van der Waals surface area contributed by atoms with Gasteiger partial charge in [0, 0.05) is 17.4 Å². The van der Waals surface area contributed by atoms with E-state index >= 15 is 0 Å². The minimum absolute atomic E-state index is 0.0142. The van der Waals surface area contributed by atoms with Crippen LogP contribution >= 0.6 is 0 Å². The second-order valence-electron chi connectivity index (χ2n) is 6.52. The van der Waals surface area contributed by atoms with Crippen molar-refractivity contribution < 1.29 is 23.1 Å². The minimum atomic E-state index is -1.03. The van der Waals surface area contributed by atoms with Crippen LogP contribution in [0.2, 0.25) is 0 Å². The van der Waals surface area contributed by atoms with Gasteiger partial charge in [-0.05, 0) is 55.8 Å². The fourth-order valence-electron chi connectivity index (χ4n) is 3.17. The monoisotopic (exact) mass is 389 g/mol. The number of hydrogen-bond acceptors (Lipinski definition) is 4. The van der Waals surface area contributed by atoms with E-state index in [1.807, 2.05) is 0 Å². The number of likely N-dealkylation sites (tertiary alicyclic amines) is 1. The van der Waals surface area contributed by atoms with Gasteiger partial charge in [-0.1, -0.05) is 0 Å². The summed E-state index contributed by atoms with van der Waals surface area (Å²) in [5.41, 5.74) is 0.811. The van der Waals surface area contributed by atoms with Crippen LogP contribution in [0.15, 0.2) is 42.5 Å². The molecular weight excluding hydrogens is 368 g/mol. The van der Waals surface area contributed by atoms with Crippen LogP contribution in [-0.4, -0.2) is 43.0 Å². The Labute approximate surface area is 161 Å². The smallest absolute Gasteiger partial charge is 0.241 e. The highest BCUT2D eigenvalue weighted by atomic mass is 19.2. The number of ether oxygens (including phenoxy) is 1. The quantitative estimate of drug-likeness (QED) is 0.797. The van der Waals surface area contributed by atoms with Gasteiger partial charge in [0.2, 0.25) is 11.8 Å². The van der Waals surface area contributed by atoms with Crippen LogP contribution in [0.25, 0.3) is 0 Å². The molecule has 3 rings (SSSR count). The molecule has 1 aliphatic heterocycles.